The number of esters is 1. The quantitative estimate of drug-likeness (QED) is 0.599. The highest BCUT2D eigenvalue weighted by Crippen LogP contribution is 2.29. The van der Waals surface area contributed by atoms with Gasteiger partial charge in [-0.1, -0.05) is 0 Å². The van der Waals surface area contributed by atoms with Crippen LogP contribution in [0.5, 0.6) is 0 Å². The van der Waals surface area contributed by atoms with E-state index in [2.05, 4.69) is 9.72 Å². The van der Waals surface area contributed by atoms with Crippen LogP contribution in [0.4, 0.5) is 0 Å². The second-order valence-corrected chi connectivity index (χ2v) is 4.20. The molecule has 0 spiro atoms. The Balaban J connectivity index is 2.67. The summed E-state index contributed by atoms with van der Waals surface area (Å²) in [7, 11) is 1.22. The van der Waals surface area contributed by atoms with Crippen molar-refractivity contribution in [2.24, 2.45) is 0 Å². The van der Waals surface area contributed by atoms with E-state index < -0.39 is 11.5 Å². The molecule has 1 N–H and O–H groups in total. The SMILES string of the molecule is COC(=O)c1cnc2n(c1=O)C(C)CCC2=CO. The molecule has 0 radical (unpaired) electrons. The number of nitrogens with zero attached hydrogens (tertiary/aromatic N) is 2. The molecule has 0 saturated heterocycles. The van der Waals surface area contributed by atoms with Gasteiger partial charge in [-0.05, 0) is 19.8 Å². The van der Waals surface area contributed by atoms with E-state index in [4.69, 9.17) is 5.11 Å². The van der Waals surface area contributed by atoms with Crippen molar-refractivity contribution in [3.05, 3.63) is 34.2 Å². The number of aliphatic hydroxyl groups excluding tert-OH is 1. The summed E-state index contributed by atoms with van der Waals surface area (Å²) < 4.78 is 5.97. The van der Waals surface area contributed by atoms with Gasteiger partial charge in [0.05, 0.1) is 13.4 Å². The second kappa shape index (κ2) is 4.64. The largest absolute Gasteiger partial charge is 0.515 e. The molecule has 0 bridgehead atoms. The van der Waals surface area contributed by atoms with Gasteiger partial charge in [0.25, 0.3) is 5.56 Å². The second-order valence-electron chi connectivity index (χ2n) is 4.20. The van der Waals surface area contributed by atoms with Crippen LogP contribution in [-0.2, 0) is 4.74 Å². The first kappa shape index (κ1) is 12.3. The van der Waals surface area contributed by atoms with Crippen molar-refractivity contribution in [1.29, 1.82) is 0 Å². The molecule has 0 amide bonds. The number of ether oxygens (including phenoxy) is 1. The van der Waals surface area contributed by atoms with E-state index in [-0.39, 0.29) is 11.6 Å². The lowest BCUT2D eigenvalue weighted by Crippen LogP contribution is -2.34. The van der Waals surface area contributed by atoms with Crippen LogP contribution in [0.15, 0.2) is 17.3 Å². The minimum Gasteiger partial charge on any atom is -0.515 e. The lowest BCUT2D eigenvalue weighted by molar-refractivity contribution is 0.0597. The fraction of sp³-hybridized carbons (Fsp3) is 0.417. The molecule has 1 aromatic rings. The van der Waals surface area contributed by atoms with Gasteiger partial charge in [-0.3, -0.25) is 9.36 Å². The number of methoxy groups -OCH3 is 1. The zero-order valence-corrected chi connectivity index (χ0v) is 10.2. The Labute approximate surface area is 104 Å². The molecular weight excluding hydrogens is 236 g/mol. The third kappa shape index (κ3) is 1.79. The zero-order chi connectivity index (χ0) is 13.3. The molecule has 0 saturated carbocycles. The van der Waals surface area contributed by atoms with E-state index in [0.717, 1.165) is 6.26 Å². The number of rotatable bonds is 1. The van der Waals surface area contributed by atoms with E-state index in [1.54, 1.807) is 0 Å². The van der Waals surface area contributed by atoms with E-state index in [9.17, 15) is 9.59 Å². The Hall–Kier alpha value is -2.11. The van der Waals surface area contributed by atoms with E-state index in [1.165, 1.54) is 17.9 Å². The predicted octanol–water partition coefficient (Wildman–Crippen LogP) is 1.28. The van der Waals surface area contributed by atoms with Crippen molar-refractivity contribution in [2.45, 2.75) is 25.8 Å². The van der Waals surface area contributed by atoms with Crippen LogP contribution in [0.25, 0.3) is 5.57 Å². The number of allylic oxidation sites excluding steroid dienone is 1. The smallest absolute Gasteiger partial charge is 0.345 e. The first-order valence-electron chi connectivity index (χ1n) is 5.63. The molecule has 6 heteroatoms. The van der Waals surface area contributed by atoms with Crippen LogP contribution < -0.4 is 5.56 Å². The number of carbonyl (C=O) groups is 1. The van der Waals surface area contributed by atoms with Gasteiger partial charge in [0, 0.05) is 17.8 Å². The zero-order valence-electron chi connectivity index (χ0n) is 10.2. The number of aromatic nitrogens is 2. The van der Waals surface area contributed by atoms with Crippen LogP contribution >= 0.6 is 0 Å². The number of hydrogen-bond donors (Lipinski definition) is 1. The molecule has 1 aromatic heterocycles. The molecule has 2 heterocycles. The van der Waals surface area contributed by atoms with Gasteiger partial charge in [0.2, 0.25) is 0 Å². The Kier molecular flexibility index (Phi) is 3.18. The standard InChI is InChI=1S/C12H14N2O4/c1-7-3-4-8(6-15)10-13-5-9(12(17)18-2)11(16)14(7)10/h5-7,15H,3-4H2,1-2H3. The molecule has 2 rings (SSSR count). The van der Waals surface area contributed by atoms with Crippen LogP contribution in [0, 0.1) is 0 Å². The molecule has 6 nitrogen and oxygen atoms in total. The van der Waals surface area contributed by atoms with Crippen LogP contribution in [-0.4, -0.2) is 27.7 Å². The first-order valence-corrected chi connectivity index (χ1v) is 5.63. The number of hydrogen-bond acceptors (Lipinski definition) is 5. The highest BCUT2D eigenvalue weighted by molar-refractivity contribution is 5.88. The normalized spacial score (nSPS) is 20.6. The summed E-state index contributed by atoms with van der Waals surface area (Å²) in [6, 6.07) is -0.0618. The molecule has 1 unspecified atom stereocenters. The number of carbonyl (C=O) groups excluding carboxylic acids is 1. The Bertz CT molecular complexity index is 574. The average molecular weight is 250 g/mol. The summed E-state index contributed by atoms with van der Waals surface area (Å²) in [4.78, 5) is 27.7. The molecule has 0 fully saturated rings. The Morgan fingerprint density at radius 2 is 2.39 bits per heavy atom. The van der Waals surface area contributed by atoms with Crippen molar-refractivity contribution in [3.8, 4) is 0 Å². The molecule has 0 aliphatic carbocycles. The van der Waals surface area contributed by atoms with Gasteiger partial charge in [0.15, 0.2) is 0 Å². The van der Waals surface area contributed by atoms with Gasteiger partial charge in [-0.2, -0.15) is 0 Å². The topological polar surface area (TPSA) is 81.4 Å². The van der Waals surface area contributed by atoms with Gasteiger partial charge in [-0.25, -0.2) is 9.78 Å². The van der Waals surface area contributed by atoms with E-state index in [1.807, 2.05) is 6.92 Å². The molecule has 1 aliphatic heterocycles. The third-order valence-corrected chi connectivity index (χ3v) is 3.11. The predicted molar refractivity (Wildman–Crippen MR) is 64.4 cm³/mol. The van der Waals surface area contributed by atoms with E-state index >= 15 is 0 Å². The van der Waals surface area contributed by atoms with Gasteiger partial charge in [-0.15, -0.1) is 0 Å². The molecular formula is C12H14N2O4. The third-order valence-electron chi connectivity index (χ3n) is 3.11. The molecule has 96 valence electrons. The van der Waals surface area contributed by atoms with Crippen LogP contribution in [0.3, 0.4) is 0 Å². The summed E-state index contributed by atoms with van der Waals surface area (Å²) in [5.74, 6) is -0.288. The molecule has 0 aromatic carbocycles. The maximum Gasteiger partial charge on any atom is 0.345 e. The average Bonchev–Trinajstić information content (AvgIpc) is 2.38. The summed E-state index contributed by atoms with van der Waals surface area (Å²) in [5, 5.41) is 9.13. The van der Waals surface area contributed by atoms with Crippen molar-refractivity contribution < 1.29 is 14.6 Å². The lowest BCUT2D eigenvalue weighted by Gasteiger charge is -2.25. The van der Waals surface area contributed by atoms with Crippen LogP contribution in [0.1, 0.15) is 42.0 Å². The fourth-order valence-electron chi connectivity index (χ4n) is 2.09. The molecule has 18 heavy (non-hydrogen) atoms. The summed E-state index contributed by atoms with van der Waals surface area (Å²) in [6.45, 7) is 1.88. The van der Waals surface area contributed by atoms with Gasteiger partial charge < -0.3 is 9.84 Å². The fourth-order valence-corrected chi connectivity index (χ4v) is 2.09. The summed E-state index contributed by atoms with van der Waals surface area (Å²) >= 11 is 0. The molecule has 1 atom stereocenters. The van der Waals surface area contributed by atoms with E-state index in [0.29, 0.717) is 24.2 Å². The monoisotopic (exact) mass is 250 g/mol. The van der Waals surface area contributed by atoms with Crippen molar-refractivity contribution in [1.82, 2.24) is 9.55 Å². The first-order chi connectivity index (χ1) is 8.60. The maximum atomic E-state index is 12.2. The Morgan fingerprint density at radius 3 is 3.00 bits per heavy atom. The summed E-state index contributed by atoms with van der Waals surface area (Å²) in [6.07, 6.45) is 3.52. The van der Waals surface area contributed by atoms with Gasteiger partial charge >= 0.3 is 5.97 Å². The molecule has 1 aliphatic rings. The maximum absolute atomic E-state index is 12.2. The van der Waals surface area contributed by atoms with Gasteiger partial charge in [0.1, 0.15) is 11.4 Å². The van der Waals surface area contributed by atoms with Crippen molar-refractivity contribution in [2.75, 3.05) is 7.11 Å². The Morgan fingerprint density at radius 1 is 1.67 bits per heavy atom. The minimum atomic E-state index is -0.699. The summed E-state index contributed by atoms with van der Waals surface area (Å²) in [5.41, 5.74) is 0.0762. The van der Waals surface area contributed by atoms with Crippen LogP contribution in [0.2, 0.25) is 0 Å². The highest BCUT2D eigenvalue weighted by Gasteiger charge is 2.25. The lowest BCUT2D eigenvalue weighted by atomic mass is 10.0. The minimum absolute atomic E-state index is 0.0618. The highest BCUT2D eigenvalue weighted by atomic mass is 16.5. The number of fused-ring (bicyclic) bond motifs is 1. The van der Waals surface area contributed by atoms with Crippen molar-refractivity contribution in [3.63, 3.8) is 0 Å². The number of aliphatic hydroxyl groups is 1. The van der Waals surface area contributed by atoms with Crippen molar-refractivity contribution >= 4 is 11.5 Å².